The van der Waals surface area contributed by atoms with Gasteiger partial charge in [0.1, 0.15) is 0 Å². The van der Waals surface area contributed by atoms with E-state index in [0.717, 1.165) is 23.1 Å². The zero-order valence-corrected chi connectivity index (χ0v) is 19.9. The summed E-state index contributed by atoms with van der Waals surface area (Å²) < 4.78 is 70.6. The summed E-state index contributed by atoms with van der Waals surface area (Å²) in [6.07, 6.45) is 5.58. The molecule has 0 heterocycles. The maximum atomic E-state index is 14.7. The van der Waals surface area contributed by atoms with Crippen molar-refractivity contribution in [3.8, 4) is 16.9 Å². The first-order valence-corrected chi connectivity index (χ1v) is 12.5. The van der Waals surface area contributed by atoms with Crippen LogP contribution in [0.25, 0.3) is 21.9 Å². The number of hydrogen-bond donors (Lipinski definition) is 0. The summed E-state index contributed by atoms with van der Waals surface area (Å²) in [7, 11) is 0. The summed E-state index contributed by atoms with van der Waals surface area (Å²) >= 11 is 0. The molecule has 0 saturated heterocycles. The smallest absolute Gasteiger partial charge is 0.422 e. The van der Waals surface area contributed by atoms with Crippen molar-refractivity contribution >= 4 is 10.8 Å². The number of unbranched alkanes of at least 4 members (excludes halogenated alkanes) is 2. The molecule has 0 amide bonds. The average molecular weight is 491 g/mol. The molecule has 1 aliphatic carbocycles. The predicted molar refractivity (Wildman–Crippen MR) is 130 cm³/mol. The molecule has 0 unspecified atom stereocenters. The number of fused-ring (bicyclic) bond motifs is 1. The number of alkyl halides is 3. The van der Waals surface area contributed by atoms with E-state index < -0.39 is 30.2 Å². The molecule has 6 heteroatoms. The van der Waals surface area contributed by atoms with Crippen LogP contribution >= 0.6 is 0 Å². The van der Waals surface area contributed by atoms with Gasteiger partial charge in [-0.05, 0) is 71.7 Å². The van der Waals surface area contributed by atoms with Gasteiger partial charge in [-0.25, -0.2) is 8.78 Å². The van der Waals surface area contributed by atoms with Crippen LogP contribution in [0.3, 0.4) is 0 Å². The molecule has 3 aromatic rings. The van der Waals surface area contributed by atoms with E-state index >= 15 is 0 Å². The third-order valence-electron chi connectivity index (χ3n) is 7.14. The van der Waals surface area contributed by atoms with Crippen molar-refractivity contribution in [2.45, 2.75) is 70.4 Å². The fourth-order valence-corrected chi connectivity index (χ4v) is 5.19. The monoisotopic (exact) mass is 490 g/mol. The lowest BCUT2D eigenvalue weighted by molar-refractivity contribution is -0.154. The van der Waals surface area contributed by atoms with Crippen molar-refractivity contribution < 1.29 is 26.7 Å². The van der Waals surface area contributed by atoms with Crippen LogP contribution in [0.1, 0.15) is 69.8 Å². The summed E-state index contributed by atoms with van der Waals surface area (Å²) in [4.78, 5) is 0. The third kappa shape index (κ3) is 6.33. The van der Waals surface area contributed by atoms with E-state index in [1.807, 2.05) is 12.1 Å². The Balaban J connectivity index is 1.46. The van der Waals surface area contributed by atoms with E-state index in [2.05, 4.69) is 23.8 Å². The largest absolute Gasteiger partial charge is 0.478 e. The normalized spacial score (nSPS) is 18.7. The highest BCUT2D eigenvalue weighted by atomic mass is 19.4. The molecular formula is C29H31F5O. The number of hydrogen-bond acceptors (Lipinski definition) is 1. The Bertz CT molecular complexity index is 1130. The Hall–Kier alpha value is -2.63. The van der Waals surface area contributed by atoms with Crippen LogP contribution in [0.5, 0.6) is 5.75 Å². The number of rotatable bonds is 8. The number of benzene rings is 3. The standard InChI is InChI=1S/C29H31F5O/c1-2-3-4-5-19-6-8-20(9-7-19)21-10-12-22(13-11-21)23-14-15-25-24(16-23)17-26(30)28(27(25)31)35-18-29(32,33)34/h10-17,19-20H,2-9,18H2,1H3. The summed E-state index contributed by atoms with van der Waals surface area (Å²) in [6.45, 7) is 0.486. The Morgan fingerprint density at radius 3 is 2.20 bits per heavy atom. The fourth-order valence-electron chi connectivity index (χ4n) is 5.19. The van der Waals surface area contributed by atoms with Gasteiger partial charge in [-0.2, -0.15) is 13.2 Å². The van der Waals surface area contributed by atoms with Crippen molar-refractivity contribution in [3.63, 3.8) is 0 Å². The van der Waals surface area contributed by atoms with Crippen LogP contribution < -0.4 is 4.74 Å². The molecule has 0 atom stereocenters. The molecule has 0 bridgehead atoms. The molecule has 4 rings (SSSR count). The van der Waals surface area contributed by atoms with E-state index in [0.29, 0.717) is 5.92 Å². The van der Waals surface area contributed by atoms with E-state index in [1.54, 1.807) is 12.1 Å². The predicted octanol–water partition coefficient (Wildman–Crippen LogP) is 9.58. The van der Waals surface area contributed by atoms with Crippen LogP contribution in [-0.4, -0.2) is 12.8 Å². The van der Waals surface area contributed by atoms with Gasteiger partial charge in [-0.1, -0.05) is 69.0 Å². The van der Waals surface area contributed by atoms with Gasteiger partial charge < -0.3 is 4.74 Å². The van der Waals surface area contributed by atoms with Crippen LogP contribution in [-0.2, 0) is 0 Å². The first kappa shape index (κ1) is 25.5. The Morgan fingerprint density at radius 1 is 0.857 bits per heavy atom. The lowest BCUT2D eigenvalue weighted by Crippen LogP contribution is -2.20. The van der Waals surface area contributed by atoms with Gasteiger partial charge in [0.05, 0.1) is 0 Å². The first-order valence-electron chi connectivity index (χ1n) is 12.5. The lowest BCUT2D eigenvalue weighted by Gasteiger charge is -2.29. The molecule has 3 aromatic carbocycles. The summed E-state index contributed by atoms with van der Waals surface area (Å²) in [6, 6.07) is 14.1. The van der Waals surface area contributed by atoms with E-state index in [9.17, 15) is 22.0 Å². The minimum Gasteiger partial charge on any atom is -0.478 e. The van der Waals surface area contributed by atoms with E-state index in [1.165, 1.54) is 63.0 Å². The third-order valence-corrected chi connectivity index (χ3v) is 7.14. The molecule has 1 aliphatic rings. The number of ether oxygens (including phenoxy) is 1. The Labute approximate surface area is 203 Å². The molecule has 1 saturated carbocycles. The molecule has 1 fully saturated rings. The highest BCUT2D eigenvalue weighted by Crippen LogP contribution is 2.39. The van der Waals surface area contributed by atoms with Gasteiger partial charge in [0.25, 0.3) is 0 Å². The molecule has 0 aromatic heterocycles. The van der Waals surface area contributed by atoms with Gasteiger partial charge in [-0.3, -0.25) is 0 Å². The van der Waals surface area contributed by atoms with Crippen molar-refractivity contribution in [2.24, 2.45) is 5.92 Å². The van der Waals surface area contributed by atoms with Gasteiger partial charge in [0.15, 0.2) is 24.0 Å². The quantitative estimate of drug-likeness (QED) is 0.226. The Morgan fingerprint density at radius 2 is 1.54 bits per heavy atom. The minimum atomic E-state index is -4.68. The van der Waals surface area contributed by atoms with Gasteiger partial charge in [0.2, 0.25) is 0 Å². The molecule has 0 radical (unpaired) electrons. The SMILES string of the molecule is CCCCCC1CCC(c2ccc(-c3ccc4c(F)c(OCC(F)(F)F)c(F)cc4c3)cc2)CC1. The van der Waals surface area contributed by atoms with E-state index in [-0.39, 0.29) is 10.8 Å². The molecule has 0 spiro atoms. The van der Waals surface area contributed by atoms with Gasteiger partial charge >= 0.3 is 6.18 Å². The van der Waals surface area contributed by atoms with Crippen molar-refractivity contribution in [3.05, 3.63) is 65.7 Å². The Kier molecular flexibility index (Phi) is 7.98. The number of halogens is 5. The maximum Gasteiger partial charge on any atom is 0.422 e. The van der Waals surface area contributed by atoms with Gasteiger partial charge in [-0.15, -0.1) is 0 Å². The first-order chi connectivity index (χ1) is 16.7. The molecule has 0 N–H and O–H groups in total. The van der Waals surface area contributed by atoms with Crippen molar-refractivity contribution in [1.29, 1.82) is 0 Å². The van der Waals surface area contributed by atoms with Crippen LogP contribution in [0.4, 0.5) is 22.0 Å². The van der Waals surface area contributed by atoms with Gasteiger partial charge in [0, 0.05) is 5.39 Å². The second kappa shape index (κ2) is 11.0. The minimum absolute atomic E-state index is 0.0136. The van der Waals surface area contributed by atoms with Crippen LogP contribution in [0.15, 0.2) is 48.5 Å². The molecule has 188 valence electrons. The molecule has 35 heavy (non-hydrogen) atoms. The second-order valence-electron chi connectivity index (χ2n) is 9.68. The van der Waals surface area contributed by atoms with E-state index in [4.69, 9.17) is 0 Å². The fraction of sp³-hybridized carbons (Fsp3) is 0.448. The zero-order chi connectivity index (χ0) is 25.0. The maximum absolute atomic E-state index is 14.7. The lowest BCUT2D eigenvalue weighted by atomic mass is 9.77. The van der Waals surface area contributed by atoms with Crippen LogP contribution in [0, 0.1) is 17.6 Å². The van der Waals surface area contributed by atoms with Crippen molar-refractivity contribution in [1.82, 2.24) is 0 Å². The highest BCUT2D eigenvalue weighted by Gasteiger charge is 2.30. The summed E-state index contributed by atoms with van der Waals surface area (Å²) in [5.41, 5.74) is 3.03. The average Bonchev–Trinajstić information content (AvgIpc) is 2.83. The second-order valence-corrected chi connectivity index (χ2v) is 9.68. The molecule has 1 nitrogen and oxygen atoms in total. The van der Waals surface area contributed by atoms with Crippen LogP contribution in [0.2, 0.25) is 0 Å². The van der Waals surface area contributed by atoms with Crippen molar-refractivity contribution in [2.75, 3.05) is 6.61 Å². The zero-order valence-electron chi connectivity index (χ0n) is 19.9. The molecule has 0 aliphatic heterocycles. The highest BCUT2D eigenvalue weighted by molar-refractivity contribution is 5.89. The summed E-state index contributed by atoms with van der Waals surface area (Å²) in [5.74, 6) is -1.86. The topological polar surface area (TPSA) is 9.23 Å². The molecular weight excluding hydrogens is 459 g/mol. The summed E-state index contributed by atoms with van der Waals surface area (Å²) in [5, 5.41) is 0.280.